The summed E-state index contributed by atoms with van der Waals surface area (Å²) < 4.78 is 0. The molecule has 0 bridgehead atoms. The van der Waals surface area contributed by atoms with Crippen molar-refractivity contribution in [3.05, 3.63) is 0 Å². The largest absolute Gasteiger partial charge is 0.371 e. The molecule has 4 heteroatoms. The molecule has 2 fully saturated rings. The van der Waals surface area contributed by atoms with Crippen LogP contribution in [0.4, 0.5) is 0 Å². The SMILES string of the molecule is CC(C)NC(=NC1CCC(Cl)CC1)C1CCNCC1. The Labute approximate surface area is 122 Å². The summed E-state index contributed by atoms with van der Waals surface area (Å²) >= 11 is 6.18. The Hall–Kier alpha value is -0.280. The van der Waals surface area contributed by atoms with Gasteiger partial charge in [-0.3, -0.25) is 4.99 Å². The minimum Gasteiger partial charge on any atom is -0.371 e. The number of rotatable bonds is 3. The van der Waals surface area contributed by atoms with Gasteiger partial charge in [0.15, 0.2) is 0 Å². The fraction of sp³-hybridized carbons (Fsp3) is 0.933. The average Bonchev–Trinajstić information content (AvgIpc) is 2.41. The molecule has 3 nitrogen and oxygen atoms in total. The average molecular weight is 286 g/mol. The second-order valence-electron chi connectivity index (χ2n) is 6.24. The lowest BCUT2D eigenvalue weighted by molar-refractivity contribution is 0.423. The van der Waals surface area contributed by atoms with Crippen LogP contribution in [0.5, 0.6) is 0 Å². The molecule has 0 radical (unpaired) electrons. The Kier molecular flexibility index (Phi) is 5.96. The van der Waals surface area contributed by atoms with E-state index in [1.807, 2.05) is 0 Å². The Morgan fingerprint density at radius 1 is 1.11 bits per heavy atom. The number of amidine groups is 1. The molecule has 1 saturated carbocycles. The van der Waals surface area contributed by atoms with Gasteiger partial charge in [0.2, 0.25) is 0 Å². The molecular weight excluding hydrogens is 258 g/mol. The van der Waals surface area contributed by atoms with Crippen molar-refractivity contribution in [2.75, 3.05) is 13.1 Å². The molecule has 1 heterocycles. The van der Waals surface area contributed by atoms with Crippen LogP contribution in [0.15, 0.2) is 4.99 Å². The van der Waals surface area contributed by atoms with Crippen LogP contribution in [0.1, 0.15) is 52.4 Å². The summed E-state index contributed by atoms with van der Waals surface area (Å²) in [4.78, 5) is 5.05. The summed E-state index contributed by atoms with van der Waals surface area (Å²) in [6.45, 7) is 6.65. The third-order valence-corrected chi connectivity index (χ3v) is 4.55. The number of halogens is 1. The van der Waals surface area contributed by atoms with Crippen molar-refractivity contribution >= 4 is 17.4 Å². The highest BCUT2D eigenvalue weighted by Gasteiger charge is 2.23. The molecule has 1 aliphatic heterocycles. The lowest BCUT2D eigenvalue weighted by Crippen LogP contribution is -2.42. The number of nitrogens with zero attached hydrogens (tertiary/aromatic N) is 1. The third kappa shape index (κ3) is 4.96. The van der Waals surface area contributed by atoms with Gasteiger partial charge < -0.3 is 10.6 Å². The molecule has 0 aromatic heterocycles. The van der Waals surface area contributed by atoms with E-state index in [0.29, 0.717) is 23.4 Å². The van der Waals surface area contributed by atoms with Crippen molar-refractivity contribution in [1.29, 1.82) is 0 Å². The number of hydrogen-bond acceptors (Lipinski definition) is 2. The summed E-state index contributed by atoms with van der Waals surface area (Å²) in [5, 5.41) is 7.41. The fourth-order valence-electron chi connectivity index (χ4n) is 3.01. The van der Waals surface area contributed by atoms with E-state index in [4.69, 9.17) is 16.6 Å². The normalized spacial score (nSPS) is 30.6. The maximum atomic E-state index is 6.18. The molecular formula is C15H28ClN3. The Bertz CT molecular complexity index is 290. The van der Waals surface area contributed by atoms with E-state index in [0.717, 1.165) is 38.8 Å². The summed E-state index contributed by atoms with van der Waals surface area (Å²) in [7, 11) is 0. The standard InChI is InChI=1S/C15H28ClN3/c1-11(2)18-15(12-7-9-17-10-8-12)19-14-5-3-13(16)4-6-14/h11-14,17H,3-10H2,1-2H3,(H,18,19). The van der Waals surface area contributed by atoms with E-state index >= 15 is 0 Å². The Morgan fingerprint density at radius 2 is 1.74 bits per heavy atom. The monoisotopic (exact) mass is 285 g/mol. The zero-order valence-electron chi connectivity index (χ0n) is 12.3. The minimum atomic E-state index is 0.381. The van der Waals surface area contributed by atoms with Gasteiger partial charge in [-0.25, -0.2) is 0 Å². The molecule has 19 heavy (non-hydrogen) atoms. The maximum Gasteiger partial charge on any atom is 0.100 e. The Balaban J connectivity index is 1.98. The molecule has 2 rings (SSSR count). The van der Waals surface area contributed by atoms with Gasteiger partial charge >= 0.3 is 0 Å². The smallest absolute Gasteiger partial charge is 0.100 e. The van der Waals surface area contributed by atoms with Crippen molar-refractivity contribution in [1.82, 2.24) is 10.6 Å². The molecule has 110 valence electrons. The molecule has 0 aromatic carbocycles. The van der Waals surface area contributed by atoms with Crippen LogP contribution in [0, 0.1) is 5.92 Å². The maximum absolute atomic E-state index is 6.18. The van der Waals surface area contributed by atoms with Gasteiger partial charge in [-0.15, -0.1) is 11.6 Å². The van der Waals surface area contributed by atoms with Crippen LogP contribution in [-0.2, 0) is 0 Å². The summed E-state index contributed by atoms with van der Waals surface area (Å²) in [6.07, 6.45) is 6.98. The highest BCUT2D eigenvalue weighted by atomic mass is 35.5. The molecule has 0 atom stereocenters. The third-order valence-electron chi connectivity index (χ3n) is 4.11. The minimum absolute atomic E-state index is 0.381. The molecule has 0 spiro atoms. The van der Waals surface area contributed by atoms with Gasteiger partial charge in [0, 0.05) is 17.3 Å². The second-order valence-corrected chi connectivity index (χ2v) is 6.86. The van der Waals surface area contributed by atoms with Gasteiger partial charge in [-0.1, -0.05) is 0 Å². The first kappa shape index (κ1) is 15.1. The first-order valence-electron chi connectivity index (χ1n) is 7.84. The molecule has 2 aliphatic rings. The van der Waals surface area contributed by atoms with Crippen LogP contribution >= 0.6 is 11.6 Å². The number of hydrogen-bond donors (Lipinski definition) is 2. The number of aliphatic imine (C=N–C) groups is 1. The van der Waals surface area contributed by atoms with E-state index < -0.39 is 0 Å². The van der Waals surface area contributed by atoms with Gasteiger partial charge in [-0.05, 0) is 65.5 Å². The predicted molar refractivity (Wildman–Crippen MR) is 83.2 cm³/mol. The van der Waals surface area contributed by atoms with E-state index in [-0.39, 0.29) is 0 Å². The Morgan fingerprint density at radius 3 is 2.32 bits per heavy atom. The highest BCUT2D eigenvalue weighted by Crippen LogP contribution is 2.26. The molecule has 0 unspecified atom stereocenters. The van der Waals surface area contributed by atoms with Gasteiger partial charge in [0.1, 0.15) is 5.84 Å². The second kappa shape index (κ2) is 7.49. The zero-order chi connectivity index (χ0) is 13.7. The topological polar surface area (TPSA) is 36.4 Å². The number of alkyl halides is 1. The van der Waals surface area contributed by atoms with E-state index in [2.05, 4.69) is 24.5 Å². The van der Waals surface area contributed by atoms with Crippen LogP contribution in [0.2, 0.25) is 0 Å². The van der Waals surface area contributed by atoms with E-state index in [1.165, 1.54) is 18.7 Å². The number of piperidine rings is 1. The van der Waals surface area contributed by atoms with Crippen LogP contribution in [0.3, 0.4) is 0 Å². The van der Waals surface area contributed by atoms with Crippen molar-refractivity contribution in [3.8, 4) is 0 Å². The first-order chi connectivity index (χ1) is 9.15. The van der Waals surface area contributed by atoms with Crippen molar-refractivity contribution < 1.29 is 0 Å². The van der Waals surface area contributed by atoms with E-state index in [9.17, 15) is 0 Å². The molecule has 0 amide bonds. The highest BCUT2D eigenvalue weighted by molar-refractivity contribution is 6.20. The van der Waals surface area contributed by atoms with E-state index in [1.54, 1.807) is 0 Å². The van der Waals surface area contributed by atoms with Crippen molar-refractivity contribution in [2.24, 2.45) is 10.9 Å². The lowest BCUT2D eigenvalue weighted by atomic mass is 9.93. The summed E-state index contributed by atoms with van der Waals surface area (Å²) in [5.74, 6) is 1.88. The van der Waals surface area contributed by atoms with Crippen molar-refractivity contribution in [3.63, 3.8) is 0 Å². The number of nitrogens with one attached hydrogen (secondary N) is 2. The van der Waals surface area contributed by atoms with Gasteiger partial charge in [-0.2, -0.15) is 0 Å². The molecule has 1 aliphatic carbocycles. The summed E-state index contributed by atoms with van der Waals surface area (Å²) in [6, 6.07) is 0.962. The van der Waals surface area contributed by atoms with Crippen LogP contribution < -0.4 is 10.6 Å². The molecule has 2 N–H and O–H groups in total. The quantitative estimate of drug-likeness (QED) is 0.475. The molecule has 0 aromatic rings. The fourth-order valence-corrected chi connectivity index (χ4v) is 3.26. The predicted octanol–water partition coefficient (Wildman–Crippen LogP) is 2.93. The van der Waals surface area contributed by atoms with Gasteiger partial charge in [0.05, 0.1) is 6.04 Å². The lowest BCUT2D eigenvalue weighted by Gasteiger charge is -2.29. The summed E-state index contributed by atoms with van der Waals surface area (Å²) in [5.41, 5.74) is 0. The van der Waals surface area contributed by atoms with Crippen LogP contribution in [-0.4, -0.2) is 36.4 Å². The van der Waals surface area contributed by atoms with Crippen LogP contribution in [0.25, 0.3) is 0 Å². The first-order valence-corrected chi connectivity index (χ1v) is 8.28. The zero-order valence-corrected chi connectivity index (χ0v) is 13.0. The van der Waals surface area contributed by atoms with Crippen molar-refractivity contribution in [2.45, 2.75) is 69.8 Å². The molecule has 1 saturated heterocycles. The van der Waals surface area contributed by atoms with Gasteiger partial charge in [0.25, 0.3) is 0 Å².